The zero-order chi connectivity index (χ0) is 13.1. The second kappa shape index (κ2) is 5.23. The number of halogens is 3. The lowest BCUT2D eigenvalue weighted by atomic mass is 10.1. The van der Waals surface area contributed by atoms with Crippen LogP contribution in [0.3, 0.4) is 0 Å². The fourth-order valence-corrected chi connectivity index (χ4v) is 1.74. The van der Waals surface area contributed by atoms with Crippen LogP contribution in [-0.4, -0.2) is 10.8 Å². The molecule has 2 nitrogen and oxygen atoms in total. The number of ketones is 1. The van der Waals surface area contributed by atoms with E-state index >= 15 is 0 Å². The maximum Gasteiger partial charge on any atom is 0.187 e. The molecule has 0 unspecified atom stereocenters. The van der Waals surface area contributed by atoms with Crippen LogP contribution in [0.2, 0.25) is 5.02 Å². The molecule has 0 amide bonds. The highest BCUT2D eigenvalue weighted by molar-refractivity contribution is 6.33. The molecule has 1 heterocycles. The molecule has 0 aliphatic heterocycles. The van der Waals surface area contributed by atoms with Gasteiger partial charge in [-0.25, -0.2) is 8.78 Å². The first kappa shape index (κ1) is 12.6. The largest absolute Gasteiger partial charge is 0.292 e. The topological polar surface area (TPSA) is 30.0 Å². The van der Waals surface area contributed by atoms with Crippen molar-refractivity contribution in [3.05, 3.63) is 64.4 Å². The van der Waals surface area contributed by atoms with Gasteiger partial charge < -0.3 is 0 Å². The lowest BCUT2D eigenvalue weighted by Gasteiger charge is -2.04. The summed E-state index contributed by atoms with van der Waals surface area (Å²) in [7, 11) is 0. The molecule has 0 atom stereocenters. The summed E-state index contributed by atoms with van der Waals surface area (Å²) in [6, 6.07) is 6.20. The lowest BCUT2D eigenvalue weighted by Crippen LogP contribution is -2.08. The summed E-state index contributed by atoms with van der Waals surface area (Å²) in [5.41, 5.74) is 0.200. The third-order valence-electron chi connectivity index (χ3n) is 2.39. The van der Waals surface area contributed by atoms with Gasteiger partial charge in [0.05, 0.1) is 5.02 Å². The van der Waals surface area contributed by atoms with Crippen molar-refractivity contribution in [2.75, 3.05) is 0 Å². The summed E-state index contributed by atoms with van der Waals surface area (Å²) < 4.78 is 26.1. The van der Waals surface area contributed by atoms with Crippen molar-refractivity contribution in [3.63, 3.8) is 0 Å². The molecule has 0 fully saturated rings. The summed E-state index contributed by atoms with van der Waals surface area (Å²) in [6.07, 6.45) is 1.23. The van der Waals surface area contributed by atoms with Crippen LogP contribution in [-0.2, 0) is 6.42 Å². The van der Waals surface area contributed by atoms with Gasteiger partial charge >= 0.3 is 0 Å². The number of hydrogen-bond donors (Lipinski definition) is 0. The van der Waals surface area contributed by atoms with Gasteiger partial charge in [0.1, 0.15) is 17.3 Å². The first-order chi connectivity index (χ1) is 8.58. The number of nitrogens with zero attached hydrogens (tertiary/aromatic N) is 1. The van der Waals surface area contributed by atoms with E-state index in [4.69, 9.17) is 11.6 Å². The molecule has 5 heteroatoms. The molecule has 2 rings (SSSR count). The van der Waals surface area contributed by atoms with Gasteiger partial charge in [-0.3, -0.25) is 9.78 Å². The van der Waals surface area contributed by atoms with Gasteiger partial charge in [-0.05, 0) is 23.8 Å². The van der Waals surface area contributed by atoms with Crippen LogP contribution in [0.1, 0.15) is 16.1 Å². The molecule has 0 saturated carbocycles. The van der Waals surface area contributed by atoms with Gasteiger partial charge in [0.25, 0.3) is 0 Å². The Morgan fingerprint density at radius 1 is 1.28 bits per heavy atom. The van der Waals surface area contributed by atoms with E-state index in [1.807, 2.05) is 0 Å². The highest BCUT2D eigenvalue weighted by Gasteiger charge is 2.14. The van der Waals surface area contributed by atoms with Crippen molar-refractivity contribution < 1.29 is 13.6 Å². The van der Waals surface area contributed by atoms with E-state index in [1.165, 1.54) is 18.3 Å². The Morgan fingerprint density at radius 3 is 2.72 bits per heavy atom. The minimum Gasteiger partial charge on any atom is -0.292 e. The summed E-state index contributed by atoms with van der Waals surface area (Å²) >= 11 is 5.81. The molecule has 2 aromatic rings. The molecule has 0 spiro atoms. The van der Waals surface area contributed by atoms with E-state index in [0.717, 1.165) is 12.1 Å². The second-order valence-electron chi connectivity index (χ2n) is 3.67. The first-order valence-electron chi connectivity index (χ1n) is 5.15. The van der Waals surface area contributed by atoms with Gasteiger partial charge in [0.15, 0.2) is 5.78 Å². The highest BCUT2D eigenvalue weighted by Crippen LogP contribution is 2.17. The molecule has 18 heavy (non-hydrogen) atoms. The van der Waals surface area contributed by atoms with Crippen LogP contribution in [0.5, 0.6) is 0 Å². The molecule has 0 N–H and O–H groups in total. The zero-order valence-electron chi connectivity index (χ0n) is 9.16. The Kier molecular flexibility index (Phi) is 3.67. The monoisotopic (exact) mass is 267 g/mol. The standard InChI is InChI=1S/C13H8ClF2NO/c14-10-2-1-5-17-13(10)12(18)6-8-3-4-9(15)7-11(8)16/h1-5,7H,6H2. The van der Waals surface area contributed by atoms with Crippen LogP contribution >= 0.6 is 11.6 Å². The number of Topliss-reactive ketones (excluding diaryl/α,β-unsaturated/α-hetero) is 1. The molecule has 0 aliphatic rings. The third kappa shape index (κ3) is 2.71. The van der Waals surface area contributed by atoms with Gasteiger partial charge in [-0.1, -0.05) is 17.7 Å². The average molecular weight is 268 g/mol. The van der Waals surface area contributed by atoms with Crippen molar-refractivity contribution in [2.45, 2.75) is 6.42 Å². The van der Waals surface area contributed by atoms with Crippen molar-refractivity contribution in [1.82, 2.24) is 4.98 Å². The fourth-order valence-electron chi connectivity index (χ4n) is 1.51. The van der Waals surface area contributed by atoms with Gasteiger partial charge in [0, 0.05) is 18.7 Å². The molecule has 1 aromatic carbocycles. The molecule has 0 radical (unpaired) electrons. The fraction of sp³-hybridized carbons (Fsp3) is 0.0769. The normalized spacial score (nSPS) is 10.4. The Balaban J connectivity index is 2.24. The lowest BCUT2D eigenvalue weighted by molar-refractivity contribution is 0.0987. The van der Waals surface area contributed by atoms with Crippen LogP contribution in [0, 0.1) is 11.6 Å². The average Bonchev–Trinajstić information content (AvgIpc) is 2.33. The number of rotatable bonds is 3. The van der Waals surface area contributed by atoms with E-state index in [0.29, 0.717) is 0 Å². The summed E-state index contributed by atoms with van der Waals surface area (Å²) in [4.78, 5) is 15.7. The summed E-state index contributed by atoms with van der Waals surface area (Å²) in [5.74, 6) is -1.85. The van der Waals surface area contributed by atoms with Crippen LogP contribution < -0.4 is 0 Å². The maximum absolute atomic E-state index is 13.4. The van der Waals surface area contributed by atoms with E-state index in [2.05, 4.69) is 4.98 Å². The predicted octanol–water partition coefficient (Wildman–Crippen LogP) is 3.44. The molecular formula is C13H8ClF2NO. The van der Waals surface area contributed by atoms with Gasteiger partial charge in [-0.2, -0.15) is 0 Å². The maximum atomic E-state index is 13.4. The van der Waals surface area contributed by atoms with E-state index < -0.39 is 17.4 Å². The Labute approximate surface area is 107 Å². The molecule has 0 bridgehead atoms. The Hall–Kier alpha value is -1.81. The quantitative estimate of drug-likeness (QED) is 0.798. The number of benzene rings is 1. The smallest absolute Gasteiger partial charge is 0.187 e. The van der Waals surface area contributed by atoms with E-state index in [-0.39, 0.29) is 22.7 Å². The molecule has 92 valence electrons. The van der Waals surface area contributed by atoms with Crippen molar-refractivity contribution in [1.29, 1.82) is 0 Å². The van der Waals surface area contributed by atoms with E-state index in [1.54, 1.807) is 6.07 Å². The SMILES string of the molecule is O=C(Cc1ccc(F)cc1F)c1ncccc1Cl. The number of carbonyl (C=O) groups is 1. The Morgan fingerprint density at radius 2 is 2.06 bits per heavy atom. The van der Waals surface area contributed by atoms with Crippen LogP contribution in [0.25, 0.3) is 0 Å². The van der Waals surface area contributed by atoms with E-state index in [9.17, 15) is 13.6 Å². The van der Waals surface area contributed by atoms with Crippen LogP contribution in [0.15, 0.2) is 36.5 Å². The minimum atomic E-state index is -0.754. The molecule has 0 saturated heterocycles. The summed E-state index contributed by atoms with van der Waals surface area (Å²) in [6.45, 7) is 0. The minimum absolute atomic E-state index is 0.0860. The second-order valence-corrected chi connectivity index (χ2v) is 4.08. The van der Waals surface area contributed by atoms with Crippen LogP contribution in [0.4, 0.5) is 8.78 Å². The third-order valence-corrected chi connectivity index (χ3v) is 2.69. The molecule has 0 aliphatic carbocycles. The molecule has 1 aromatic heterocycles. The zero-order valence-corrected chi connectivity index (χ0v) is 9.92. The molecular weight excluding hydrogens is 260 g/mol. The number of hydrogen-bond acceptors (Lipinski definition) is 2. The number of pyridine rings is 1. The highest BCUT2D eigenvalue weighted by atomic mass is 35.5. The number of aromatic nitrogens is 1. The van der Waals surface area contributed by atoms with Gasteiger partial charge in [-0.15, -0.1) is 0 Å². The summed E-state index contributed by atoms with van der Waals surface area (Å²) in [5, 5.41) is 0.213. The van der Waals surface area contributed by atoms with Crippen molar-refractivity contribution in [2.24, 2.45) is 0 Å². The number of carbonyl (C=O) groups excluding carboxylic acids is 1. The van der Waals surface area contributed by atoms with Crippen molar-refractivity contribution >= 4 is 17.4 Å². The predicted molar refractivity (Wildman–Crippen MR) is 63.6 cm³/mol. The van der Waals surface area contributed by atoms with Gasteiger partial charge in [0.2, 0.25) is 0 Å². The van der Waals surface area contributed by atoms with Crippen molar-refractivity contribution in [3.8, 4) is 0 Å². The first-order valence-corrected chi connectivity index (χ1v) is 5.53. The Bertz CT molecular complexity index is 601.